The van der Waals surface area contributed by atoms with E-state index in [0.29, 0.717) is 12.3 Å². The Labute approximate surface area is 106 Å². The largest absolute Gasteiger partial charge is 0.392 e. The minimum atomic E-state index is -0.396. The summed E-state index contributed by atoms with van der Waals surface area (Å²) in [5.74, 6) is 1.80. The average Bonchev–Trinajstić information content (AvgIpc) is 2.91. The molecule has 0 radical (unpaired) electrons. The fraction of sp³-hybridized carbons (Fsp3) is 0.571. The van der Waals surface area contributed by atoms with Crippen molar-refractivity contribution in [1.29, 1.82) is 0 Å². The Morgan fingerprint density at radius 3 is 2.65 bits per heavy atom. The third kappa shape index (κ3) is 2.34. The SMILES string of the molecule is OC(Cc1ccc(F)c(Cl)c1)C1CC2CC2C1. The summed E-state index contributed by atoms with van der Waals surface area (Å²) in [6.07, 6.45) is 3.99. The Balaban J connectivity index is 1.63. The first-order chi connectivity index (χ1) is 8.13. The van der Waals surface area contributed by atoms with E-state index in [0.717, 1.165) is 17.4 Å². The molecule has 0 spiro atoms. The summed E-state index contributed by atoms with van der Waals surface area (Å²) in [7, 11) is 0. The van der Waals surface area contributed by atoms with Gasteiger partial charge in [-0.15, -0.1) is 0 Å². The van der Waals surface area contributed by atoms with Crippen LogP contribution in [0.15, 0.2) is 18.2 Å². The second kappa shape index (κ2) is 4.25. The van der Waals surface area contributed by atoms with E-state index in [1.54, 1.807) is 12.1 Å². The lowest BCUT2D eigenvalue weighted by molar-refractivity contribution is 0.104. The summed E-state index contributed by atoms with van der Waals surface area (Å²) in [6, 6.07) is 4.70. The van der Waals surface area contributed by atoms with Crippen molar-refractivity contribution in [3.8, 4) is 0 Å². The summed E-state index contributed by atoms with van der Waals surface area (Å²) in [5.41, 5.74) is 0.921. The molecule has 0 aromatic heterocycles. The molecule has 2 saturated carbocycles. The van der Waals surface area contributed by atoms with Gasteiger partial charge in [0, 0.05) is 0 Å². The molecule has 1 nitrogen and oxygen atoms in total. The maximum atomic E-state index is 13.0. The van der Waals surface area contributed by atoms with Crippen molar-refractivity contribution in [2.75, 3.05) is 0 Å². The van der Waals surface area contributed by atoms with Crippen molar-refractivity contribution >= 4 is 11.6 Å². The Kier molecular flexibility index (Phi) is 2.87. The number of aliphatic hydroxyl groups excluding tert-OH is 1. The fourth-order valence-electron chi connectivity index (χ4n) is 3.15. The van der Waals surface area contributed by atoms with E-state index in [1.165, 1.54) is 25.3 Å². The highest BCUT2D eigenvalue weighted by Crippen LogP contribution is 2.55. The Morgan fingerprint density at radius 2 is 2.00 bits per heavy atom. The molecule has 1 N–H and O–H groups in total. The van der Waals surface area contributed by atoms with Gasteiger partial charge in [-0.05, 0) is 61.1 Å². The van der Waals surface area contributed by atoms with Gasteiger partial charge in [-0.2, -0.15) is 0 Å². The summed E-state index contributed by atoms with van der Waals surface area (Å²) in [5, 5.41) is 10.3. The molecule has 17 heavy (non-hydrogen) atoms. The minimum absolute atomic E-state index is 0.143. The molecule has 0 amide bonds. The summed E-state index contributed by atoms with van der Waals surface area (Å²) in [4.78, 5) is 0. The smallest absolute Gasteiger partial charge is 0.141 e. The van der Waals surface area contributed by atoms with E-state index >= 15 is 0 Å². The van der Waals surface area contributed by atoms with Crippen molar-refractivity contribution in [3.05, 3.63) is 34.6 Å². The van der Waals surface area contributed by atoms with Gasteiger partial charge in [-0.25, -0.2) is 4.39 Å². The van der Waals surface area contributed by atoms with Crippen LogP contribution in [0.5, 0.6) is 0 Å². The Bertz CT molecular complexity index is 424. The molecule has 0 saturated heterocycles. The Hall–Kier alpha value is -0.600. The average molecular weight is 255 g/mol. The maximum Gasteiger partial charge on any atom is 0.141 e. The normalized spacial score (nSPS) is 32.3. The second-order valence-electron chi connectivity index (χ2n) is 5.51. The first-order valence-electron chi connectivity index (χ1n) is 6.25. The predicted octanol–water partition coefficient (Wildman–Crippen LogP) is 3.43. The van der Waals surface area contributed by atoms with Crippen LogP contribution in [-0.2, 0) is 6.42 Å². The molecule has 2 fully saturated rings. The van der Waals surface area contributed by atoms with E-state index in [4.69, 9.17) is 11.6 Å². The van der Waals surface area contributed by atoms with Crippen LogP contribution in [-0.4, -0.2) is 11.2 Å². The molecule has 3 atom stereocenters. The molecule has 2 aliphatic carbocycles. The Morgan fingerprint density at radius 1 is 1.29 bits per heavy atom. The monoisotopic (exact) mass is 254 g/mol. The van der Waals surface area contributed by atoms with Crippen molar-refractivity contribution in [2.45, 2.75) is 31.8 Å². The van der Waals surface area contributed by atoms with Gasteiger partial charge < -0.3 is 5.11 Å². The van der Waals surface area contributed by atoms with Crippen LogP contribution >= 0.6 is 11.6 Å². The van der Waals surface area contributed by atoms with Crippen LogP contribution in [0.1, 0.15) is 24.8 Å². The minimum Gasteiger partial charge on any atom is -0.392 e. The molecule has 0 heterocycles. The van der Waals surface area contributed by atoms with E-state index < -0.39 is 5.82 Å². The summed E-state index contributed by atoms with van der Waals surface area (Å²) in [6.45, 7) is 0. The van der Waals surface area contributed by atoms with E-state index in [2.05, 4.69) is 0 Å². The first kappa shape index (κ1) is 11.5. The zero-order chi connectivity index (χ0) is 12.0. The number of fused-ring (bicyclic) bond motifs is 1. The lowest BCUT2D eigenvalue weighted by Crippen LogP contribution is -2.21. The van der Waals surface area contributed by atoms with Crippen LogP contribution in [0.25, 0.3) is 0 Å². The molecular weight excluding hydrogens is 239 g/mol. The number of rotatable bonds is 3. The van der Waals surface area contributed by atoms with Gasteiger partial charge in [-0.1, -0.05) is 17.7 Å². The van der Waals surface area contributed by atoms with Crippen LogP contribution in [0.4, 0.5) is 4.39 Å². The van der Waals surface area contributed by atoms with Crippen molar-refractivity contribution in [3.63, 3.8) is 0 Å². The molecule has 2 aliphatic rings. The molecule has 0 bridgehead atoms. The number of halogens is 2. The first-order valence-corrected chi connectivity index (χ1v) is 6.63. The quantitative estimate of drug-likeness (QED) is 0.876. The van der Waals surface area contributed by atoms with Crippen LogP contribution in [0.2, 0.25) is 5.02 Å². The third-order valence-corrected chi connectivity index (χ3v) is 4.54. The highest BCUT2D eigenvalue weighted by Gasteiger charge is 2.47. The standard InChI is InChI=1S/C14H16ClFO/c15-12-3-8(1-2-13(12)16)4-14(17)11-6-9-5-10(9)7-11/h1-3,9-11,14,17H,4-7H2. The zero-order valence-electron chi connectivity index (χ0n) is 9.57. The van der Waals surface area contributed by atoms with Gasteiger partial charge in [0.1, 0.15) is 5.82 Å². The molecule has 0 aliphatic heterocycles. The van der Waals surface area contributed by atoms with Gasteiger partial charge in [0.15, 0.2) is 0 Å². The third-order valence-electron chi connectivity index (χ3n) is 4.25. The molecule has 92 valence electrons. The van der Waals surface area contributed by atoms with Gasteiger partial charge in [0.25, 0.3) is 0 Å². The molecule has 1 aromatic rings. The van der Waals surface area contributed by atoms with Gasteiger partial charge >= 0.3 is 0 Å². The zero-order valence-corrected chi connectivity index (χ0v) is 10.3. The van der Waals surface area contributed by atoms with Crippen molar-refractivity contribution < 1.29 is 9.50 Å². The lowest BCUT2D eigenvalue weighted by Gasteiger charge is -2.19. The molecule has 1 aromatic carbocycles. The number of aliphatic hydroxyl groups is 1. The molecule has 3 unspecified atom stereocenters. The van der Waals surface area contributed by atoms with Crippen LogP contribution in [0, 0.1) is 23.6 Å². The number of hydrogen-bond acceptors (Lipinski definition) is 1. The highest BCUT2D eigenvalue weighted by atomic mass is 35.5. The molecular formula is C14H16ClFO. The van der Waals surface area contributed by atoms with Crippen molar-refractivity contribution in [1.82, 2.24) is 0 Å². The van der Waals surface area contributed by atoms with E-state index in [-0.39, 0.29) is 11.1 Å². The topological polar surface area (TPSA) is 20.2 Å². The fourth-order valence-corrected chi connectivity index (χ4v) is 3.35. The van der Waals surface area contributed by atoms with Crippen molar-refractivity contribution in [2.24, 2.45) is 17.8 Å². The predicted molar refractivity (Wildman–Crippen MR) is 65.4 cm³/mol. The highest BCUT2D eigenvalue weighted by molar-refractivity contribution is 6.30. The molecule has 3 rings (SSSR count). The number of hydrogen-bond donors (Lipinski definition) is 1. The van der Waals surface area contributed by atoms with E-state index in [1.807, 2.05) is 0 Å². The summed E-state index contributed by atoms with van der Waals surface area (Å²) >= 11 is 5.73. The maximum absolute atomic E-state index is 13.0. The van der Waals surface area contributed by atoms with Gasteiger partial charge in [0.2, 0.25) is 0 Å². The van der Waals surface area contributed by atoms with Gasteiger partial charge in [-0.3, -0.25) is 0 Å². The lowest BCUT2D eigenvalue weighted by atomic mass is 9.92. The number of benzene rings is 1. The summed E-state index contributed by atoms with van der Waals surface area (Å²) < 4.78 is 13.0. The van der Waals surface area contributed by atoms with Crippen LogP contribution in [0.3, 0.4) is 0 Å². The van der Waals surface area contributed by atoms with E-state index in [9.17, 15) is 9.50 Å². The van der Waals surface area contributed by atoms with Crippen LogP contribution < -0.4 is 0 Å². The molecule has 3 heteroatoms. The van der Waals surface area contributed by atoms with Gasteiger partial charge in [0.05, 0.1) is 11.1 Å². The second-order valence-corrected chi connectivity index (χ2v) is 5.91.